The Balaban J connectivity index is 1.16. The third-order valence-corrected chi connectivity index (χ3v) is 7.35. The van der Waals surface area contributed by atoms with Gasteiger partial charge in [0.1, 0.15) is 18.7 Å². The van der Waals surface area contributed by atoms with Gasteiger partial charge in [-0.2, -0.15) is 5.26 Å². The molecule has 3 atom stereocenters. The van der Waals surface area contributed by atoms with E-state index in [0.717, 1.165) is 68.2 Å². The molecule has 2 heterocycles. The number of para-hydroxylation sites is 1. The van der Waals surface area contributed by atoms with Crippen LogP contribution < -0.4 is 10.2 Å². The predicted molar refractivity (Wildman–Crippen MR) is 127 cm³/mol. The molecule has 5 rings (SSSR count). The number of amides is 3. The molecule has 1 saturated carbocycles. The van der Waals surface area contributed by atoms with Crippen LogP contribution in [0.25, 0.3) is 0 Å². The minimum absolute atomic E-state index is 0.0983. The van der Waals surface area contributed by atoms with Crippen LogP contribution in [0.2, 0.25) is 0 Å². The smallest absolute Gasteiger partial charge is 0.418 e. The molecule has 3 aliphatic rings. The Morgan fingerprint density at radius 2 is 1.83 bits per heavy atom. The van der Waals surface area contributed by atoms with E-state index in [0.29, 0.717) is 17.2 Å². The van der Waals surface area contributed by atoms with Crippen LogP contribution in [0.1, 0.15) is 36.4 Å². The molecule has 10 heteroatoms. The van der Waals surface area contributed by atoms with E-state index in [2.05, 4.69) is 21.2 Å². The molecule has 0 bridgehead atoms. The van der Waals surface area contributed by atoms with Crippen LogP contribution >= 0.6 is 0 Å². The average Bonchev–Trinajstić information content (AvgIpc) is 3.52. The molecule has 1 N–H and O–H groups in total. The Kier molecular flexibility index (Phi) is 6.74. The Morgan fingerprint density at radius 1 is 1.06 bits per heavy atom. The van der Waals surface area contributed by atoms with E-state index >= 15 is 0 Å². The van der Waals surface area contributed by atoms with Crippen molar-refractivity contribution >= 4 is 17.8 Å². The lowest BCUT2D eigenvalue weighted by Crippen LogP contribution is -2.50. The standard InChI is InChI=1S/C26H27F2N5O3/c27-21-8-5-17(13-22(21)28)24-16-36-26(35)33(24)25(34)30-19-6-7-20(14-19)31-9-11-32(12-10-31)23-4-2-1-3-18(23)15-29/h1-5,8,13,19-20,24H,6-7,9-12,14,16H2,(H,30,34)/t19?,20-,24?/m0/s1. The highest BCUT2D eigenvalue weighted by Crippen LogP contribution is 2.31. The van der Waals surface area contributed by atoms with Gasteiger partial charge in [0.2, 0.25) is 0 Å². The van der Waals surface area contributed by atoms with Crippen molar-refractivity contribution in [3.8, 4) is 6.07 Å². The van der Waals surface area contributed by atoms with Crippen LogP contribution in [-0.4, -0.2) is 66.8 Å². The molecule has 188 valence electrons. The van der Waals surface area contributed by atoms with Gasteiger partial charge < -0.3 is 15.0 Å². The molecule has 1 aliphatic carbocycles. The molecule has 8 nitrogen and oxygen atoms in total. The van der Waals surface area contributed by atoms with E-state index < -0.39 is 29.8 Å². The fourth-order valence-electron chi connectivity index (χ4n) is 5.45. The molecular formula is C26H27F2N5O3. The molecule has 2 aromatic carbocycles. The molecule has 2 aliphatic heterocycles. The number of carbonyl (C=O) groups excluding carboxylic acids is 2. The summed E-state index contributed by atoms with van der Waals surface area (Å²) in [5.74, 6) is -2.03. The lowest BCUT2D eigenvalue weighted by atomic mass is 10.1. The summed E-state index contributed by atoms with van der Waals surface area (Å²) in [6, 6.07) is 12.0. The van der Waals surface area contributed by atoms with Crippen LogP contribution in [-0.2, 0) is 4.74 Å². The van der Waals surface area contributed by atoms with Gasteiger partial charge in [0.05, 0.1) is 11.3 Å². The van der Waals surface area contributed by atoms with Gasteiger partial charge in [0.15, 0.2) is 11.6 Å². The maximum atomic E-state index is 13.7. The minimum Gasteiger partial charge on any atom is -0.446 e. The maximum Gasteiger partial charge on any atom is 0.418 e. The molecular weight excluding hydrogens is 468 g/mol. The summed E-state index contributed by atoms with van der Waals surface area (Å²) in [5.41, 5.74) is 1.94. The Labute approximate surface area is 208 Å². The van der Waals surface area contributed by atoms with Gasteiger partial charge in [-0.25, -0.2) is 23.3 Å². The molecule has 0 spiro atoms. The number of hydrogen-bond donors (Lipinski definition) is 1. The number of nitriles is 1. The number of rotatable bonds is 4. The van der Waals surface area contributed by atoms with E-state index in [9.17, 15) is 23.6 Å². The number of carbonyl (C=O) groups is 2. The van der Waals surface area contributed by atoms with Crippen molar-refractivity contribution in [1.82, 2.24) is 15.1 Å². The maximum absolute atomic E-state index is 13.7. The lowest BCUT2D eigenvalue weighted by Gasteiger charge is -2.39. The van der Waals surface area contributed by atoms with Crippen molar-refractivity contribution in [3.05, 3.63) is 65.2 Å². The molecule has 2 saturated heterocycles. The van der Waals surface area contributed by atoms with E-state index in [-0.39, 0.29) is 12.6 Å². The molecule has 3 amide bonds. The van der Waals surface area contributed by atoms with Crippen molar-refractivity contribution in [1.29, 1.82) is 5.26 Å². The number of hydrogen-bond acceptors (Lipinski definition) is 6. The molecule has 36 heavy (non-hydrogen) atoms. The van der Waals surface area contributed by atoms with Gasteiger partial charge >= 0.3 is 12.1 Å². The van der Waals surface area contributed by atoms with Crippen LogP contribution in [0.3, 0.4) is 0 Å². The van der Waals surface area contributed by atoms with E-state index in [1.54, 1.807) is 0 Å². The van der Waals surface area contributed by atoms with Crippen molar-refractivity contribution in [2.24, 2.45) is 0 Å². The number of benzene rings is 2. The zero-order valence-corrected chi connectivity index (χ0v) is 19.7. The van der Waals surface area contributed by atoms with Crippen molar-refractivity contribution in [2.45, 2.75) is 37.4 Å². The number of imide groups is 1. The van der Waals surface area contributed by atoms with Crippen LogP contribution in [0.4, 0.5) is 24.1 Å². The number of anilines is 1. The summed E-state index contributed by atoms with van der Waals surface area (Å²) in [6.45, 7) is 3.26. The summed E-state index contributed by atoms with van der Waals surface area (Å²) in [7, 11) is 0. The van der Waals surface area contributed by atoms with Gasteiger partial charge in [-0.15, -0.1) is 0 Å². The highest BCUT2D eigenvalue weighted by atomic mass is 19.2. The van der Waals surface area contributed by atoms with Gasteiger partial charge in [0.25, 0.3) is 0 Å². The fraction of sp³-hybridized carbons (Fsp3) is 0.423. The third-order valence-electron chi connectivity index (χ3n) is 7.35. The third kappa shape index (κ3) is 4.71. The molecule has 2 aromatic rings. The molecule has 0 radical (unpaired) electrons. The molecule has 2 unspecified atom stereocenters. The number of nitrogens with one attached hydrogen (secondary N) is 1. The number of nitrogens with zero attached hydrogens (tertiary/aromatic N) is 4. The number of ether oxygens (including phenoxy) is 1. The number of cyclic esters (lactones) is 1. The first-order valence-electron chi connectivity index (χ1n) is 12.1. The van der Waals surface area contributed by atoms with Gasteiger partial charge in [-0.3, -0.25) is 4.90 Å². The Bertz CT molecular complexity index is 1190. The first kappa shape index (κ1) is 24.0. The first-order chi connectivity index (χ1) is 17.4. The minimum atomic E-state index is -1.04. The van der Waals surface area contributed by atoms with Gasteiger partial charge in [0, 0.05) is 38.3 Å². The van der Waals surface area contributed by atoms with Crippen molar-refractivity contribution < 1.29 is 23.1 Å². The number of urea groups is 1. The highest BCUT2D eigenvalue weighted by Gasteiger charge is 2.41. The Morgan fingerprint density at radius 3 is 2.58 bits per heavy atom. The summed E-state index contributed by atoms with van der Waals surface area (Å²) in [4.78, 5) is 30.9. The summed E-state index contributed by atoms with van der Waals surface area (Å²) in [5, 5.41) is 12.3. The number of piperazine rings is 1. The van der Waals surface area contributed by atoms with Gasteiger partial charge in [-0.1, -0.05) is 18.2 Å². The summed E-state index contributed by atoms with van der Waals surface area (Å²) >= 11 is 0. The Hall–Kier alpha value is -3.71. The predicted octanol–water partition coefficient (Wildman–Crippen LogP) is 3.78. The SMILES string of the molecule is N#Cc1ccccc1N1CCN([C@H]2CCC(NC(=O)N3C(=O)OCC3c3ccc(F)c(F)c3)C2)CC1. The summed E-state index contributed by atoms with van der Waals surface area (Å²) < 4.78 is 32.1. The molecule has 0 aromatic heterocycles. The van der Waals surface area contributed by atoms with Crippen LogP contribution in [0.15, 0.2) is 42.5 Å². The monoisotopic (exact) mass is 495 g/mol. The second-order valence-electron chi connectivity index (χ2n) is 9.40. The quantitative estimate of drug-likeness (QED) is 0.695. The van der Waals surface area contributed by atoms with E-state index in [4.69, 9.17) is 4.74 Å². The zero-order valence-electron chi connectivity index (χ0n) is 19.7. The second-order valence-corrected chi connectivity index (χ2v) is 9.40. The fourth-order valence-corrected chi connectivity index (χ4v) is 5.45. The normalized spacial score (nSPS) is 24.5. The second kappa shape index (κ2) is 10.1. The molecule has 3 fully saturated rings. The van der Waals surface area contributed by atoms with Gasteiger partial charge in [-0.05, 0) is 49.1 Å². The van der Waals surface area contributed by atoms with Crippen molar-refractivity contribution in [3.63, 3.8) is 0 Å². The highest BCUT2D eigenvalue weighted by molar-refractivity contribution is 5.92. The zero-order chi connectivity index (χ0) is 25.2. The first-order valence-corrected chi connectivity index (χ1v) is 12.1. The van der Waals surface area contributed by atoms with Crippen molar-refractivity contribution in [2.75, 3.05) is 37.7 Å². The topological polar surface area (TPSA) is 88.9 Å². The lowest BCUT2D eigenvalue weighted by molar-refractivity contribution is 0.156. The summed E-state index contributed by atoms with van der Waals surface area (Å²) in [6.07, 6.45) is 1.67. The average molecular weight is 496 g/mol. The van der Waals surface area contributed by atoms with E-state index in [1.807, 2.05) is 24.3 Å². The largest absolute Gasteiger partial charge is 0.446 e. The van der Waals surface area contributed by atoms with Crippen LogP contribution in [0.5, 0.6) is 0 Å². The number of halogens is 2. The van der Waals surface area contributed by atoms with E-state index in [1.165, 1.54) is 6.07 Å². The van der Waals surface area contributed by atoms with Crippen LogP contribution in [0, 0.1) is 23.0 Å².